The van der Waals surface area contributed by atoms with Gasteiger partial charge in [-0.15, -0.1) is 0 Å². The molecule has 0 N–H and O–H groups in total. The highest BCUT2D eigenvalue weighted by Gasteiger charge is 2.48. The van der Waals surface area contributed by atoms with E-state index in [-0.39, 0.29) is 17.9 Å². The number of ether oxygens (including phenoxy) is 2. The number of hydrogen-bond acceptors (Lipinski definition) is 4. The number of fused-ring (bicyclic) bond motifs is 1. The molecule has 1 saturated heterocycles. The largest absolute Gasteiger partial charge is 0.467 e. The summed E-state index contributed by atoms with van der Waals surface area (Å²) in [6, 6.07) is -0.494. The topological polar surface area (TPSA) is 55.8 Å². The van der Waals surface area contributed by atoms with Gasteiger partial charge in [-0.2, -0.15) is 0 Å². The number of rotatable bonds is 1. The maximum absolute atomic E-state index is 12.4. The summed E-state index contributed by atoms with van der Waals surface area (Å²) in [5, 5.41) is 0. The van der Waals surface area contributed by atoms with Crippen LogP contribution in [0.2, 0.25) is 0 Å². The molecule has 20 heavy (non-hydrogen) atoms. The van der Waals surface area contributed by atoms with Gasteiger partial charge in [-0.05, 0) is 46.0 Å². The van der Waals surface area contributed by atoms with Crippen LogP contribution in [-0.4, -0.2) is 41.8 Å². The van der Waals surface area contributed by atoms with E-state index < -0.39 is 17.7 Å². The lowest BCUT2D eigenvalue weighted by molar-refractivity contribution is -0.146. The summed E-state index contributed by atoms with van der Waals surface area (Å²) in [6.45, 7) is 5.48. The van der Waals surface area contributed by atoms with Crippen molar-refractivity contribution in [2.75, 3.05) is 7.11 Å². The minimum absolute atomic E-state index is 0.0407. The number of nitrogens with zero attached hydrogens (tertiary/aromatic N) is 1. The zero-order valence-electron chi connectivity index (χ0n) is 12.6. The Labute approximate surface area is 119 Å². The molecule has 5 heteroatoms. The van der Waals surface area contributed by atoms with Gasteiger partial charge >= 0.3 is 12.1 Å². The quantitative estimate of drug-likeness (QED) is 0.547. The second-order valence-corrected chi connectivity index (χ2v) is 6.40. The lowest BCUT2D eigenvalue weighted by atomic mass is 9.90. The van der Waals surface area contributed by atoms with Crippen LogP contribution in [0.3, 0.4) is 0 Å². The standard InChI is InChI=1S/C15H23NO4/c1-15(2,3)20-14(18)16-11-8-6-5-7-10(11)9-12(16)13(17)19-4/h5,7,10-12H,6,8-9H2,1-4H3/t10-,11-,12?/m1/s1. The van der Waals surface area contributed by atoms with Gasteiger partial charge in [0.1, 0.15) is 11.6 Å². The molecule has 0 radical (unpaired) electrons. The van der Waals surface area contributed by atoms with Crippen LogP contribution in [0.4, 0.5) is 4.79 Å². The number of allylic oxidation sites excluding steroid dienone is 1. The molecule has 3 atom stereocenters. The van der Waals surface area contributed by atoms with E-state index >= 15 is 0 Å². The van der Waals surface area contributed by atoms with E-state index in [1.54, 1.807) is 4.90 Å². The Bertz CT molecular complexity index is 424. The van der Waals surface area contributed by atoms with Crippen molar-refractivity contribution in [1.29, 1.82) is 0 Å². The highest BCUT2D eigenvalue weighted by atomic mass is 16.6. The molecule has 2 rings (SSSR count). The van der Waals surface area contributed by atoms with Crippen molar-refractivity contribution in [3.05, 3.63) is 12.2 Å². The van der Waals surface area contributed by atoms with E-state index in [1.165, 1.54) is 7.11 Å². The molecule has 112 valence electrons. The van der Waals surface area contributed by atoms with Gasteiger partial charge in [0.25, 0.3) is 0 Å². The maximum atomic E-state index is 12.4. The van der Waals surface area contributed by atoms with Gasteiger partial charge < -0.3 is 9.47 Å². The van der Waals surface area contributed by atoms with Crippen molar-refractivity contribution >= 4 is 12.1 Å². The number of carbonyl (C=O) groups is 2. The molecule has 1 fully saturated rings. The summed E-state index contributed by atoms with van der Waals surface area (Å²) in [7, 11) is 1.35. The summed E-state index contributed by atoms with van der Waals surface area (Å²) in [6.07, 6.45) is 6.22. The molecule has 0 aromatic rings. The van der Waals surface area contributed by atoms with Crippen molar-refractivity contribution < 1.29 is 19.1 Å². The first-order valence-corrected chi connectivity index (χ1v) is 7.09. The van der Waals surface area contributed by atoms with E-state index in [0.29, 0.717) is 6.42 Å². The van der Waals surface area contributed by atoms with E-state index in [2.05, 4.69) is 12.2 Å². The van der Waals surface area contributed by atoms with Crippen molar-refractivity contribution in [2.24, 2.45) is 5.92 Å². The zero-order valence-corrected chi connectivity index (χ0v) is 12.6. The Kier molecular flexibility index (Phi) is 4.06. The van der Waals surface area contributed by atoms with Crippen molar-refractivity contribution in [3.8, 4) is 0 Å². The predicted molar refractivity (Wildman–Crippen MR) is 74.1 cm³/mol. The molecular formula is C15H23NO4. The van der Waals surface area contributed by atoms with Gasteiger partial charge in [0.2, 0.25) is 0 Å². The van der Waals surface area contributed by atoms with Crippen molar-refractivity contribution in [3.63, 3.8) is 0 Å². The Morgan fingerprint density at radius 3 is 2.60 bits per heavy atom. The van der Waals surface area contributed by atoms with E-state index in [9.17, 15) is 9.59 Å². The molecule has 1 heterocycles. The fourth-order valence-electron chi connectivity index (χ4n) is 2.99. The minimum Gasteiger partial charge on any atom is -0.467 e. The summed E-state index contributed by atoms with van der Waals surface area (Å²) in [5.74, 6) is -0.140. The molecule has 0 bridgehead atoms. The van der Waals surface area contributed by atoms with Crippen LogP contribution < -0.4 is 0 Å². The number of esters is 1. The number of carbonyl (C=O) groups excluding carboxylic acids is 2. The van der Waals surface area contributed by atoms with Crippen molar-refractivity contribution in [2.45, 2.75) is 57.7 Å². The molecule has 5 nitrogen and oxygen atoms in total. The minimum atomic E-state index is -0.569. The van der Waals surface area contributed by atoms with Crippen LogP contribution in [0.5, 0.6) is 0 Å². The number of amides is 1. The van der Waals surface area contributed by atoms with Gasteiger partial charge in [0, 0.05) is 6.04 Å². The SMILES string of the molecule is COC(=O)C1C[C@H]2C=CCC[C@H]2N1C(=O)OC(C)(C)C. The normalized spacial score (nSPS) is 29.0. The van der Waals surface area contributed by atoms with Gasteiger partial charge in [0.05, 0.1) is 7.11 Å². The molecule has 0 aromatic carbocycles. The lowest BCUT2D eigenvalue weighted by Crippen LogP contribution is -2.48. The first kappa shape index (κ1) is 14.9. The molecule has 1 aliphatic heterocycles. The smallest absolute Gasteiger partial charge is 0.411 e. The van der Waals surface area contributed by atoms with Crippen LogP contribution >= 0.6 is 0 Å². The summed E-state index contributed by atoms with van der Waals surface area (Å²) in [4.78, 5) is 25.9. The third-order valence-electron chi connectivity index (χ3n) is 3.77. The Morgan fingerprint density at radius 1 is 1.30 bits per heavy atom. The Morgan fingerprint density at radius 2 is 2.00 bits per heavy atom. The molecule has 1 aliphatic carbocycles. The average Bonchev–Trinajstić information content (AvgIpc) is 2.75. The van der Waals surface area contributed by atoms with E-state index in [1.807, 2.05) is 20.8 Å². The summed E-state index contributed by atoms with van der Waals surface area (Å²) in [5.41, 5.74) is -0.569. The zero-order chi connectivity index (χ0) is 14.9. The predicted octanol–water partition coefficient (Wildman–Crippen LogP) is 2.50. The molecule has 0 aromatic heterocycles. The van der Waals surface area contributed by atoms with Gasteiger partial charge in [0.15, 0.2) is 0 Å². The molecule has 0 saturated carbocycles. The lowest BCUT2D eigenvalue weighted by Gasteiger charge is -2.33. The van der Waals surface area contributed by atoms with Gasteiger partial charge in [-0.25, -0.2) is 9.59 Å². The van der Waals surface area contributed by atoms with Crippen LogP contribution in [0.25, 0.3) is 0 Å². The van der Waals surface area contributed by atoms with Crippen LogP contribution in [0.15, 0.2) is 12.2 Å². The Balaban J connectivity index is 2.22. The highest BCUT2D eigenvalue weighted by Crippen LogP contribution is 2.37. The van der Waals surface area contributed by atoms with Crippen molar-refractivity contribution in [1.82, 2.24) is 4.90 Å². The van der Waals surface area contributed by atoms with Crippen LogP contribution in [-0.2, 0) is 14.3 Å². The van der Waals surface area contributed by atoms with Crippen LogP contribution in [0, 0.1) is 5.92 Å². The average molecular weight is 281 g/mol. The number of hydrogen-bond donors (Lipinski definition) is 0. The number of methoxy groups -OCH3 is 1. The first-order chi connectivity index (χ1) is 9.33. The summed E-state index contributed by atoms with van der Waals surface area (Å²) >= 11 is 0. The number of likely N-dealkylation sites (tertiary alicyclic amines) is 1. The molecule has 1 unspecified atom stereocenters. The Hall–Kier alpha value is -1.52. The fourth-order valence-corrected chi connectivity index (χ4v) is 2.99. The van der Waals surface area contributed by atoms with Gasteiger partial charge in [-0.1, -0.05) is 12.2 Å². The second-order valence-electron chi connectivity index (χ2n) is 6.40. The highest BCUT2D eigenvalue weighted by molar-refractivity contribution is 5.82. The molecule has 2 aliphatic rings. The second kappa shape index (κ2) is 5.46. The molecular weight excluding hydrogens is 258 g/mol. The maximum Gasteiger partial charge on any atom is 0.411 e. The van der Waals surface area contributed by atoms with Crippen LogP contribution in [0.1, 0.15) is 40.0 Å². The fraction of sp³-hybridized carbons (Fsp3) is 0.733. The third-order valence-corrected chi connectivity index (χ3v) is 3.77. The molecule has 1 amide bonds. The third kappa shape index (κ3) is 2.97. The monoisotopic (exact) mass is 281 g/mol. The first-order valence-electron chi connectivity index (χ1n) is 7.09. The van der Waals surface area contributed by atoms with E-state index in [4.69, 9.17) is 9.47 Å². The molecule has 0 spiro atoms. The van der Waals surface area contributed by atoms with Gasteiger partial charge in [-0.3, -0.25) is 4.90 Å². The summed E-state index contributed by atoms with van der Waals surface area (Å²) < 4.78 is 10.3. The van der Waals surface area contributed by atoms with E-state index in [0.717, 1.165) is 12.8 Å².